The number of rotatable bonds is 8. The third-order valence-electron chi connectivity index (χ3n) is 4.33. The quantitative estimate of drug-likeness (QED) is 0.125. The summed E-state index contributed by atoms with van der Waals surface area (Å²) in [4.78, 5) is 9.83. The highest BCUT2D eigenvalue weighted by atomic mass is 32.2. The summed E-state index contributed by atoms with van der Waals surface area (Å²) in [5.74, 6) is 1.29. The minimum absolute atomic E-state index is 0.0104. The molecule has 0 amide bonds. The molecule has 0 unspecified atom stereocenters. The highest BCUT2D eigenvalue weighted by molar-refractivity contribution is 7.93. The molecule has 0 saturated carbocycles. The van der Waals surface area contributed by atoms with Gasteiger partial charge in [-0.25, -0.2) is 8.96 Å². The summed E-state index contributed by atoms with van der Waals surface area (Å²) in [5.41, 5.74) is 3.28. The van der Waals surface area contributed by atoms with E-state index in [9.17, 15) is 0 Å². The van der Waals surface area contributed by atoms with Crippen molar-refractivity contribution in [1.82, 2.24) is 8.96 Å². The summed E-state index contributed by atoms with van der Waals surface area (Å²) in [6.45, 7) is 3.92. The Morgan fingerprint density at radius 3 is 2.68 bits per heavy atom. The first kappa shape index (κ1) is 20.8. The van der Waals surface area contributed by atoms with Crippen LogP contribution >= 0.6 is 12.2 Å². The minimum Gasteiger partial charge on any atom is -0.491 e. The van der Waals surface area contributed by atoms with E-state index in [1.807, 2.05) is 80.7 Å². The van der Waals surface area contributed by atoms with Crippen molar-refractivity contribution >= 4 is 29.5 Å². The van der Waals surface area contributed by atoms with Gasteiger partial charge >= 0.3 is 0 Å². The number of aromatic nitrogens is 2. The molecule has 4 rings (SSSR count). The zero-order valence-corrected chi connectivity index (χ0v) is 17.8. The molecule has 0 bridgehead atoms. The van der Waals surface area contributed by atoms with E-state index in [1.54, 1.807) is 10.2 Å². The van der Waals surface area contributed by atoms with Crippen LogP contribution in [0.4, 0.5) is 0 Å². The van der Waals surface area contributed by atoms with Crippen LogP contribution in [-0.4, -0.2) is 26.5 Å². The van der Waals surface area contributed by atoms with Crippen molar-refractivity contribution in [1.29, 1.82) is 0 Å². The van der Waals surface area contributed by atoms with Crippen LogP contribution in [0.25, 0.3) is 22.2 Å². The second-order valence-electron chi connectivity index (χ2n) is 6.98. The van der Waals surface area contributed by atoms with Gasteiger partial charge in [0.15, 0.2) is 23.6 Å². The predicted octanol–water partition coefficient (Wildman–Crippen LogP) is 5.72. The Morgan fingerprint density at radius 2 is 1.90 bits per heavy atom. The summed E-state index contributed by atoms with van der Waals surface area (Å²) >= 11 is 1.02. The SMILES string of the molecule is CC(C)Oc1cc(C=NO)cc(-c2cn(SOOc3ccccc3)c3ncccc23)c1. The molecule has 0 fully saturated rings. The van der Waals surface area contributed by atoms with Crippen LogP contribution in [0, 0.1) is 0 Å². The Morgan fingerprint density at radius 1 is 1.06 bits per heavy atom. The standard InChI is InChI=1S/C23H21N3O4S/c1-16(2)28-20-12-17(14-25-27)11-18(13-20)22-15-26(23-21(22)9-6-10-24-23)31-30-29-19-7-4-3-5-8-19/h3-16,27H,1-2H3. The molecule has 8 heteroatoms. The van der Waals surface area contributed by atoms with E-state index in [-0.39, 0.29) is 6.10 Å². The molecule has 31 heavy (non-hydrogen) atoms. The number of hydrogen-bond acceptors (Lipinski definition) is 7. The van der Waals surface area contributed by atoms with Gasteiger partial charge in [0.05, 0.1) is 12.3 Å². The van der Waals surface area contributed by atoms with Crippen molar-refractivity contribution in [2.75, 3.05) is 0 Å². The van der Waals surface area contributed by atoms with E-state index in [1.165, 1.54) is 6.21 Å². The van der Waals surface area contributed by atoms with Gasteiger partial charge < -0.3 is 14.8 Å². The van der Waals surface area contributed by atoms with Gasteiger partial charge in [-0.1, -0.05) is 27.7 Å². The first-order valence-electron chi connectivity index (χ1n) is 9.66. The fourth-order valence-electron chi connectivity index (χ4n) is 3.14. The van der Waals surface area contributed by atoms with E-state index in [4.69, 9.17) is 19.2 Å². The highest BCUT2D eigenvalue weighted by Crippen LogP contribution is 2.34. The molecular formula is C23H21N3O4S. The van der Waals surface area contributed by atoms with Crippen molar-refractivity contribution in [2.45, 2.75) is 20.0 Å². The van der Waals surface area contributed by atoms with Gasteiger partial charge in [-0.2, -0.15) is 0 Å². The van der Waals surface area contributed by atoms with Gasteiger partial charge in [0.25, 0.3) is 0 Å². The van der Waals surface area contributed by atoms with Gasteiger partial charge in [-0.05, 0) is 61.9 Å². The third kappa shape index (κ3) is 4.99. The van der Waals surface area contributed by atoms with Crippen LogP contribution in [0.5, 0.6) is 11.5 Å². The Hall–Kier alpha value is -3.49. The van der Waals surface area contributed by atoms with Crippen LogP contribution in [-0.2, 0) is 4.33 Å². The van der Waals surface area contributed by atoms with Crippen molar-refractivity contribution < 1.29 is 19.2 Å². The van der Waals surface area contributed by atoms with Crippen LogP contribution in [0.3, 0.4) is 0 Å². The van der Waals surface area contributed by atoms with Gasteiger partial charge in [0.2, 0.25) is 0 Å². The summed E-state index contributed by atoms with van der Waals surface area (Å²) in [5, 5.41) is 13.1. The second kappa shape index (κ2) is 9.55. The minimum atomic E-state index is 0.0104. The molecule has 0 radical (unpaired) electrons. The van der Waals surface area contributed by atoms with E-state index < -0.39 is 0 Å². The summed E-state index contributed by atoms with van der Waals surface area (Å²) in [6, 6.07) is 18.8. The average molecular weight is 436 g/mol. The molecule has 0 aliphatic carbocycles. The number of fused-ring (bicyclic) bond motifs is 1. The van der Waals surface area contributed by atoms with Crippen LogP contribution in [0.2, 0.25) is 0 Å². The second-order valence-corrected chi connectivity index (χ2v) is 7.66. The lowest BCUT2D eigenvalue weighted by molar-refractivity contribution is -0.0785. The van der Waals surface area contributed by atoms with Crippen LogP contribution in [0.1, 0.15) is 19.4 Å². The Kier molecular flexibility index (Phi) is 6.40. The molecule has 2 aromatic heterocycles. The number of pyridine rings is 1. The number of benzene rings is 2. The van der Waals surface area contributed by atoms with E-state index in [2.05, 4.69) is 10.1 Å². The molecule has 0 spiro atoms. The fourth-order valence-corrected chi connectivity index (χ4v) is 3.68. The maximum atomic E-state index is 9.00. The topological polar surface area (TPSA) is 78.1 Å². The van der Waals surface area contributed by atoms with E-state index >= 15 is 0 Å². The maximum absolute atomic E-state index is 9.00. The average Bonchev–Trinajstić information content (AvgIpc) is 3.13. The molecule has 1 N–H and O–H groups in total. The fraction of sp³-hybridized carbons (Fsp3) is 0.130. The lowest BCUT2D eigenvalue weighted by Crippen LogP contribution is -2.06. The monoisotopic (exact) mass is 435 g/mol. The van der Waals surface area contributed by atoms with E-state index in [0.29, 0.717) is 11.5 Å². The van der Waals surface area contributed by atoms with Crippen LogP contribution < -0.4 is 9.62 Å². The normalized spacial score (nSPS) is 11.5. The largest absolute Gasteiger partial charge is 0.491 e. The molecule has 0 aliphatic heterocycles. The third-order valence-corrected chi connectivity index (χ3v) is 4.90. The van der Waals surface area contributed by atoms with Crippen molar-refractivity contribution in [3.63, 3.8) is 0 Å². The molecular weight excluding hydrogens is 414 g/mol. The number of nitrogens with zero attached hydrogens (tertiary/aromatic N) is 3. The zero-order chi connectivity index (χ0) is 21.6. The summed E-state index contributed by atoms with van der Waals surface area (Å²) in [6.07, 6.45) is 5.03. The van der Waals surface area contributed by atoms with Gasteiger partial charge in [-0.15, -0.1) is 0 Å². The molecule has 0 aliphatic rings. The van der Waals surface area contributed by atoms with Crippen LogP contribution in [0.15, 0.2) is 78.2 Å². The zero-order valence-electron chi connectivity index (χ0n) is 17.0. The van der Waals surface area contributed by atoms with Crippen molar-refractivity contribution in [3.8, 4) is 22.6 Å². The Balaban J connectivity index is 1.68. The maximum Gasteiger partial charge on any atom is 0.170 e. The summed E-state index contributed by atoms with van der Waals surface area (Å²) in [7, 11) is 0. The van der Waals surface area contributed by atoms with Gasteiger partial charge in [0, 0.05) is 28.9 Å². The van der Waals surface area contributed by atoms with Gasteiger partial charge in [0.1, 0.15) is 5.75 Å². The van der Waals surface area contributed by atoms with E-state index in [0.717, 1.165) is 40.0 Å². The molecule has 0 atom stereocenters. The smallest absolute Gasteiger partial charge is 0.170 e. The van der Waals surface area contributed by atoms with Gasteiger partial charge in [-0.3, -0.25) is 0 Å². The summed E-state index contributed by atoms with van der Waals surface area (Å²) < 4.78 is 13.0. The number of oxime groups is 1. The molecule has 2 aromatic carbocycles. The molecule has 158 valence electrons. The molecule has 2 heterocycles. The first-order valence-corrected chi connectivity index (χ1v) is 10.4. The number of hydrogen-bond donors (Lipinski definition) is 1. The van der Waals surface area contributed by atoms with Crippen molar-refractivity contribution in [3.05, 3.63) is 78.6 Å². The lowest BCUT2D eigenvalue weighted by atomic mass is 10.0. The molecule has 7 nitrogen and oxygen atoms in total. The molecule has 0 saturated heterocycles. The first-order chi connectivity index (χ1) is 15.1. The lowest BCUT2D eigenvalue weighted by Gasteiger charge is -2.12. The number of para-hydroxylation sites is 1. The predicted molar refractivity (Wildman–Crippen MR) is 121 cm³/mol. The number of ether oxygens (including phenoxy) is 1. The Bertz CT molecular complexity index is 1190. The highest BCUT2D eigenvalue weighted by Gasteiger charge is 2.15. The van der Waals surface area contributed by atoms with Crippen molar-refractivity contribution in [2.24, 2.45) is 5.16 Å². The molecule has 4 aromatic rings. The Labute approximate surface area is 184 Å².